The first-order valence-corrected chi connectivity index (χ1v) is 10.3. The van der Waals surface area contributed by atoms with E-state index in [4.69, 9.17) is 0 Å². The van der Waals surface area contributed by atoms with Gasteiger partial charge < -0.3 is 5.32 Å². The van der Waals surface area contributed by atoms with E-state index in [0.717, 1.165) is 35.8 Å². The van der Waals surface area contributed by atoms with Crippen LogP contribution in [0.15, 0.2) is 11.6 Å². The fourth-order valence-electron chi connectivity index (χ4n) is 7.67. The molecule has 24 heavy (non-hydrogen) atoms. The highest BCUT2D eigenvalue weighted by Crippen LogP contribution is 2.66. The summed E-state index contributed by atoms with van der Waals surface area (Å²) in [5.41, 5.74) is 1.87. The molecule has 134 valence electrons. The molecule has 2 heteroatoms. The van der Waals surface area contributed by atoms with Crippen LogP contribution in [-0.4, -0.2) is 18.9 Å². The number of allylic oxidation sites excluding steroid dienone is 2. The van der Waals surface area contributed by atoms with Gasteiger partial charge in [-0.3, -0.25) is 4.79 Å². The molecule has 0 unspecified atom stereocenters. The van der Waals surface area contributed by atoms with Crippen molar-refractivity contribution in [3.63, 3.8) is 0 Å². The number of hydrogen-bond donors (Lipinski definition) is 1. The lowest BCUT2D eigenvalue weighted by molar-refractivity contribution is -0.116. The first-order valence-electron chi connectivity index (χ1n) is 10.3. The van der Waals surface area contributed by atoms with Gasteiger partial charge in [0.1, 0.15) is 0 Å². The van der Waals surface area contributed by atoms with E-state index < -0.39 is 0 Å². The number of carbonyl (C=O) groups is 1. The van der Waals surface area contributed by atoms with E-state index in [0.29, 0.717) is 17.1 Å². The lowest BCUT2D eigenvalue weighted by Gasteiger charge is -2.60. The zero-order valence-corrected chi connectivity index (χ0v) is 16.0. The third-order valence-corrected chi connectivity index (χ3v) is 9.07. The Kier molecular flexibility index (Phi) is 3.99. The van der Waals surface area contributed by atoms with Crippen LogP contribution in [0, 0.1) is 34.5 Å². The van der Waals surface area contributed by atoms with Crippen LogP contribution < -0.4 is 5.32 Å². The van der Waals surface area contributed by atoms with Crippen LogP contribution in [0.1, 0.15) is 72.1 Å². The van der Waals surface area contributed by atoms with Gasteiger partial charge in [0.2, 0.25) is 0 Å². The molecule has 4 aliphatic rings. The minimum absolute atomic E-state index is 0.179. The molecule has 4 aliphatic carbocycles. The van der Waals surface area contributed by atoms with Crippen molar-refractivity contribution in [2.24, 2.45) is 34.5 Å². The Morgan fingerprint density at radius 3 is 2.58 bits per heavy atom. The number of hydrogen-bond acceptors (Lipinski definition) is 2. The first kappa shape index (κ1) is 16.8. The summed E-state index contributed by atoms with van der Waals surface area (Å²) in [6.45, 7) is 7.08. The minimum atomic E-state index is 0.179. The van der Waals surface area contributed by atoms with E-state index in [1.165, 1.54) is 44.9 Å². The molecule has 0 amide bonds. The third kappa shape index (κ3) is 2.14. The van der Waals surface area contributed by atoms with E-state index in [9.17, 15) is 4.79 Å². The normalized spacial score (nSPS) is 52.8. The predicted octanol–water partition coefficient (Wildman–Crippen LogP) is 4.74. The zero-order chi connectivity index (χ0) is 17.1. The predicted molar refractivity (Wildman–Crippen MR) is 98.7 cm³/mol. The minimum Gasteiger partial charge on any atom is -0.317 e. The van der Waals surface area contributed by atoms with Crippen molar-refractivity contribution in [3.05, 3.63) is 11.6 Å². The number of rotatable bonds is 1. The van der Waals surface area contributed by atoms with Crippen LogP contribution in [0.3, 0.4) is 0 Å². The molecule has 0 aromatic carbocycles. The Morgan fingerprint density at radius 1 is 1.08 bits per heavy atom. The van der Waals surface area contributed by atoms with Crippen molar-refractivity contribution in [2.75, 3.05) is 7.05 Å². The van der Waals surface area contributed by atoms with Crippen LogP contribution >= 0.6 is 0 Å². The Labute approximate surface area is 147 Å². The van der Waals surface area contributed by atoms with Gasteiger partial charge in [-0.1, -0.05) is 19.9 Å². The van der Waals surface area contributed by atoms with Gasteiger partial charge in [-0.05, 0) is 99.0 Å². The largest absolute Gasteiger partial charge is 0.317 e. The van der Waals surface area contributed by atoms with E-state index in [1.54, 1.807) is 0 Å². The summed E-state index contributed by atoms with van der Waals surface area (Å²) in [5, 5.41) is 3.54. The molecule has 4 fully saturated rings. The van der Waals surface area contributed by atoms with Crippen molar-refractivity contribution >= 4 is 5.78 Å². The average Bonchev–Trinajstić information content (AvgIpc) is 2.83. The first-order chi connectivity index (χ1) is 11.4. The molecule has 0 saturated heterocycles. The van der Waals surface area contributed by atoms with Gasteiger partial charge in [-0.2, -0.15) is 0 Å². The number of nitrogens with one attached hydrogen (secondary N) is 1. The van der Waals surface area contributed by atoms with E-state index >= 15 is 0 Å². The average molecular weight is 330 g/mol. The van der Waals surface area contributed by atoms with Gasteiger partial charge in [0.15, 0.2) is 5.78 Å². The SMILES string of the molecule is C/C=C1/C(=O)C[C@H]2[C@@H]3CC[C@H]4C[C@@H](NC)CC[C@]4(C)[C@H]3CC[C@]12C. The number of ketones is 1. The standard InChI is InChI=1S/C22H35NO/c1-5-17-20(24)13-19-16-7-6-14-12-15(23-4)8-10-21(14,2)18(16)9-11-22(17,19)3/h5,14-16,18-19,23H,6-13H2,1-4H3/b17-5-/t14-,15-,16+,18-,19-,21-,22+/m0/s1. The van der Waals surface area contributed by atoms with Crippen molar-refractivity contribution in [1.29, 1.82) is 0 Å². The molecular formula is C22H35NO. The summed E-state index contributed by atoms with van der Waals surface area (Å²) in [4.78, 5) is 12.6. The Morgan fingerprint density at radius 2 is 1.88 bits per heavy atom. The summed E-state index contributed by atoms with van der Waals surface area (Å²) < 4.78 is 0. The maximum absolute atomic E-state index is 12.6. The van der Waals surface area contributed by atoms with Crippen molar-refractivity contribution in [3.8, 4) is 0 Å². The smallest absolute Gasteiger partial charge is 0.159 e. The molecule has 4 saturated carbocycles. The fourth-order valence-corrected chi connectivity index (χ4v) is 7.67. The molecule has 1 N–H and O–H groups in total. The van der Waals surface area contributed by atoms with Gasteiger partial charge in [0.05, 0.1) is 0 Å². The highest BCUT2D eigenvalue weighted by Gasteiger charge is 2.60. The second-order valence-electron chi connectivity index (χ2n) is 9.70. The topological polar surface area (TPSA) is 29.1 Å². The number of fused-ring (bicyclic) bond motifs is 5. The van der Waals surface area contributed by atoms with Crippen LogP contribution in [0.4, 0.5) is 0 Å². The van der Waals surface area contributed by atoms with Crippen molar-refractivity contribution in [1.82, 2.24) is 5.32 Å². The Balaban J connectivity index is 1.63. The summed E-state index contributed by atoms with van der Waals surface area (Å²) in [6.07, 6.45) is 12.4. The molecule has 0 aromatic rings. The molecular weight excluding hydrogens is 294 g/mol. The lowest BCUT2D eigenvalue weighted by atomic mass is 9.45. The monoisotopic (exact) mass is 329 g/mol. The second kappa shape index (κ2) is 5.69. The summed E-state index contributed by atoms with van der Waals surface area (Å²) >= 11 is 0. The maximum Gasteiger partial charge on any atom is 0.159 e. The lowest BCUT2D eigenvalue weighted by Crippen LogP contribution is -2.54. The Bertz CT molecular complexity index is 566. The fraction of sp³-hybridized carbons (Fsp3) is 0.864. The molecule has 0 aliphatic heterocycles. The Hall–Kier alpha value is -0.630. The molecule has 7 atom stereocenters. The summed E-state index contributed by atoms with van der Waals surface area (Å²) in [7, 11) is 2.13. The van der Waals surface area contributed by atoms with E-state index in [-0.39, 0.29) is 5.41 Å². The van der Waals surface area contributed by atoms with Gasteiger partial charge >= 0.3 is 0 Å². The van der Waals surface area contributed by atoms with Gasteiger partial charge in [0, 0.05) is 12.5 Å². The highest BCUT2D eigenvalue weighted by molar-refractivity contribution is 5.99. The summed E-state index contributed by atoms with van der Waals surface area (Å²) in [5.74, 6) is 3.62. The summed E-state index contributed by atoms with van der Waals surface area (Å²) in [6, 6.07) is 0.733. The van der Waals surface area contributed by atoms with Crippen LogP contribution in [-0.2, 0) is 4.79 Å². The number of Topliss-reactive ketones (excluding diaryl/α,β-unsaturated/α-hetero) is 1. The molecule has 0 bridgehead atoms. The van der Waals surface area contributed by atoms with Gasteiger partial charge in [-0.25, -0.2) is 0 Å². The molecule has 4 rings (SSSR count). The van der Waals surface area contributed by atoms with Crippen LogP contribution in [0.2, 0.25) is 0 Å². The van der Waals surface area contributed by atoms with E-state index in [2.05, 4.69) is 39.2 Å². The zero-order valence-electron chi connectivity index (χ0n) is 16.0. The number of carbonyl (C=O) groups excluding carboxylic acids is 1. The molecule has 2 nitrogen and oxygen atoms in total. The second-order valence-corrected chi connectivity index (χ2v) is 9.70. The highest BCUT2D eigenvalue weighted by atomic mass is 16.1. The molecule has 0 radical (unpaired) electrons. The van der Waals surface area contributed by atoms with Gasteiger partial charge in [0.25, 0.3) is 0 Å². The van der Waals surface area contributed by atoms with Crippen molar-refractivity contribution < 1.29 is 4.79 Å². The van der Waals surface area contributed by atoms with Crippen LogP contribution in [0.5, 0.6) is 0 Å². The van der Waals surface area contributed by atoms with Crippen LogP contribution in [0.25, 0.3) is 0 Å². The van der Waals surface area contributed by atoms with Gasteiger partial charge in [-0.15, -0.1) is 0 Å². The van der Waals surface area contributed by atoms with Crippen molar-refractivity contribution in [2.45, 2.75) is 78.2 Å². The molecule has 0 heterocycles. The quantitative estimate of drug-likeness (QED) is 0.704. The third-order valence-electron chi connectivity index (χ3n) is 9.07. The maximum atomic E-state index is 12.6. The molecule has 0 spiro atoms. The molecule has 0 aromatic heterocycles. The van der Waals surface area contributed by atoms with E-state index in [1.807, 2.05) is 0 Å².